The summed E-state index contributed by atoms with van der Waals surface area (Å²) in [5.74, 6) is 0. The Bertz CT molecular complexity index is 402. The third kappa shape index (κ3) is 2.27. The van der Waals surface area contributed by atoms with Crippen LogP contribution in [0, 0.1) is 3.57 Å². The van der Waals surface area contributed by atoms with Gasteiger partial charge in [0.2, 0.25) is 0 Å². The molecule has 1 aromatic rings. The van der Waals surface area contributed by atoms with Crippen LogP contribution in [0.15, 0.2) is 18.2 Å². The fraction of sp³-hybridized carbons (Fsp3) is 0.400. The number of β-amino-alcohol motifs (C(OH)–C–C–N with tert-alkyl or cyclic N) is 1. The van der Waals surface area contributed by atoms with Gasteiger partial charge in [-0.3, -0.25) is 0 Å². The summed E-state index contributed by atoms with van der Waals surface area (Å²) in [6.45, 7) is 0.535. The van der Waals surface area contributed by atoms with Crippen molar-refractivity contribution < 1.29 is 18.3 Å². The van der Waals surface area contributed by atoms with Crippen LogP contribution in [0.1, 0.15) is 5.56 Å². The average molecular weight is 343 g/mol. The van der Waals surface area contributed by atoms with Crippen molar-refractivity contribution in [1.82, 2.24) is 0 Å². The summed E-state index contributed by atoms with van der Waals surface area (Å²) in [6.07, 6.45) is -4.86. The minimum absolute atomic E-state index is 0.151. The minimum atomic E-state index is -4.35. The Kier molecular flexibility index (Phi) is 3.04. The lowest BCUT2D eigenvalue weighted by molar-refractivity contribution is -0.137. The number of hydrogen-bond donors (Lipinski definition) is 1. The number of halogens is 4. The Hall–Kier alpha value is -0.500. The largest absolute Gasteiger partial charge is 0.418 e. The first-order chi connectivity index (χ1) is 7.38. The van der Waals surface area contributed by atoms with E-state index in [1.807, 2.05) is 22.6 Å². The monoisotopic (exact) mass is 343 g/mol. The highest BCUT2D eigenvalue weighted by molar-refractivity contribution is 14.1. The summed E-state index contributed by atoms with van der Waals surface area (Å²) >= 11 is 1.85. The number of anilines is 1. The van der Waals surface area contributed by atoms with Crippen molar-refractivity contribution in [1.29, 1.82) is 0 Å². The van der Waals surface area contributed by atoms with Crippen LogP contribution in [0.2, 0.25) is 0 Å². The van der Waals surface area contributed by atoms with Crippen LogP contribution in [0.5, 0.6) is 0 Å². The molecule has 0 unspecified atom stereocenters. The van der Waals surface area contributed by atoms with Gasteiger partial charge in [0.1, 0.15) is 0 Å². The maximum absolute atomic E-state index is 12.8. The Morgan fingerprint density at radius 3 is 2.44 bits per heavy atom. The van der Waals surface area contributed by atoms with Crippen LogP contribution >= 0.6 is 22.6 Å². The molecule has 16 heavy (non-hydrogen) atoms. The number of nitrogens with zero attached hydrogens (tertiary/aromatic N) is 1. The highest BCUT2D eigenvalue weighted by atomic mass is 127. The van der Waals surface area contributed by atoms with E-state index in [0.29, 0.717) is 3.57 Å². The third-order valence-electron chi connectivity index (χ3n) is 2.47. The molecule has 0 spiro atoms. The van der Waals surface area contributed by atoms with E-state index in [0.717, 1.165) is 6.07 Å². The second kappa shape index (κ2) is 4.06. The Morgan fingerprint density at radius 2 is 1.94 bits per heavy atom. The van der Waals surface area contributed by atoms with Gasteiger partial charge in [-0.1, -0.05) is 0 Å². The molecule has 0 aliphatic carbocycles. The van der Waals surface area contributed by atoms with Gasteiger partial charge in [0.25, 0.3) is 0 Å². The molecule has 0 saturated carbocycles. The fourth-order valence-electron chi connectivity index (χ4n) is 1.66. The van der Waals surface area contributed by atoms with Gasteiger partial charge in [-0.05, 0) is 40.8 Å². The van der Waals surface area contributed by atoms with E-state index >= 15 is 0 Å². The lowest BCUT2D eigenvalue weighted by atomic mass is 10.1. The van der Waals surface area contributed by atoms with Gasteiger partial charge in [-0.15, -0.1) is 0 Å². The molecule has 0 atom stereocenters. The molecule has 1 saturated heterocycles. The molecule has 1 fully saturated rings. The molecule has 1 aromatic carbocycles. The molecule has 6 heteroatoms. The first-order valence-corrected chi connectivity index (χ1v) is 5.75. The predicted molar refractivity (Wildman–Crippen MR) is 62.4 cm³/mol. The zero-order valence-electron chi connectivity index (χ0n) is 8.13. The molecular formula is C10H9F3INO. The summed E-state index contributed by atoms with van der Waals surface area (Å²) in [7, 11) is 0. The van der Waals surface area contributed by atoms with E-state index in [1.54, 1.807) is 6.07 Å². The zero-order valence-corrected chi connectivity index (χ0v) is 10.3. The van der Waals surface area contributed by atoms with Crippen molar-refractivity contribution in [3.05, 3.63) is 27.3 Å². The van der Waals surface area contributed by atoms with Gasteiger partial charge >= 0.3 is 6.18 Å². The van der Waals surface area contributed by atoms with Gasteiger partial charge in [-0.2, -0.15) is 13.2 Å². The van der Waals surface area contributed by atoms with Gasteiger partial charge in [0, 0.05) is 22.3 Å². The molecule has 0 bridgehead atoms. The van der Waals surface area contributed by atoms with Crippen LogP contribution in [-0.4, -0.2) is 24.3 Å². The lowest BCUT2D eigenvalue weighted by Crippen LogP contribution is -2.51. The molecule has 1 aliphatic rings. The first-order valence-electron chi connectivity index (χ1n) is 4.67. The number of alkyl halides is 3. The number of rotatable bonds is 1. The number of benzene rings is 1. The van der Waals surface area contributed by atoms with E-state index in [-0.39, 0.29) is 18.8 Å². The Morgan fingerprint density at radius 1 is 1.31 bits per heavy atom. The van der Waals surface area contributed by atoms with Crippen molar-refractivity contribution in [3.8, 4) is 0 Å². The standard InChI is InChI=1S/C10H9F3INO/c11-10(12,13)8-3-6(14)1-2-9(8)15-4-7(16)5-15/h1-3,7,16H,4-5H2. The molecule has 1 N–H and O–H groups in total. The quantitative estimate of drug-likeness (QED) is 0.792. The molecule has 88 valence electrons. The Balaban J connectivity index is 2.37. The van der Waals surface area contributed by atoms with Crippen LogP contribution in [0.3, 0.4) is 0 Å². The van der Waals surface area contributed by atoms with E-state index in [2.05, 4.69) is 0 Å². The lowest BCUT2D eigenvalue weighted by Gasteiger charge is -2.39. The van der Waals surface area contributed by atoms with Crippen molar-refractivity contribution in [3.63, 3.8) is 0 Å². The summed E-state index contributed by atoms with van der Waals surface area (Å²) in [4.78, 5) is 1.53. The molecule has 2 rings (SSSR count). The minimum Gasteiger partial charge on any atom is -0.389 e. The summed E-state index contributed by atoms with van der Waals surface area (Å²) < 4.78 is 38.8. The molecule has 2 nitrogen and oxygen atoms in total. The van der Waals surface area contributed by atoms with Crippen molar-refractivity contribution in [2.75, 3.05) is 18.0 Å². The van der Waals surface area contributed by atoms with Crippen LogP contribution in [0.4, 0.5) is 18.9 Å². The highest BCUT2D eigenvalue weighted by Gasteiger charge is 2.37. The number of hydrogen-bond acceptors (Lipinski definition) is 2. The van der Waals surface area contributed by atoms with E-state index in [1.165, 1.54) is 11.0 Å². The van der Waals surface area contributed by atoms with Gasteiger partial charge in [-0.25, -0.2) is 0 Å². The normalized spacial score (nSPS) is 17.4. The molecule has 0 radical (unpaired) electrons. The van der Waals surface area contributed by atoms with E-state index < -0.39 is 17.8 Å². The maximum Gasteiger partial charge on any atom is 0.418 e. The average Bonchev–Trinajstić information content (AvgIpc) is 2.12. The van der Waals surface area contributed by atoms with Gasteiger partial charge in [0.05, 0.1) is 11.7 Å². The molecule has 1 heterocycles. The zero-order chi connectivity index (χ0) is 11.9. The summed E-state index contributed by atoms with van der Waals surface area (Å²) in [5.41, 5.74) is -0.482. The SMILES string of the molecule is OC1CN(c2ccc(I)cc2C(F)(F)F)C1. The highest BCUT2D eigenvalue weighted by Crippen LogP contribution is 2.38. The Labute approximate surface area is 104 Å². The van der Waals surface area contributed by atoms with Crippen LogP contribution < -0.4 is 4.90 Å². The van der Waals surface area contributed by atoms with E-state index in [4.69, 9.17) is 5.11 Å². The smallest absolute Gasteiger partial charge is 0.389 e. The summed E-state index contributed by atoms with van der Waals surface area (Å²) in [6, 6.07) is 4.22. The second-order valence-corrected chi connectivity index (χ2v) is 4.96. The van der Waals surface area contributed by atoms with Crippen molar-refractivity contribution in [2.24, 2.45) is 0 Å². The molecule has 0 amide bonds. The van der Waals surface area contributed by atoms with E-state index in [9.17, 15) is 13.2 Å². The fourth-order valence-corrected chi connectivity index (χ4v) is 2.15. The molecule has 0 aromatic heterocycles. The predicted octanol–water partition coefficient (Wildman–Crippen LogP) is 2.49. The van der Waals surface area contributed by atoms with Gasteiger partial charge < -0.3 is 10.0 Å². The topological polar surface area (TPSA) is 23.5 Å². The van der Waals surface area contributed by atoms with Crippen molar-refractivity contribution >= 4 is 28.3 Å². The molecular weight excluding hydrogens is 334 g/mol. The third-order valence-corrected chi connectivity index (χ3v) is 3.14. The first kappa shape index (κ1) is 12.0. The van der Waals surface area contributed by atoms with Crippen LogP contribution in [0.25, 0.3) is 0 Å². The maximum atomic E-state index is 12.8. The summed E-state index contributed by atoms with van der Waals surface area (Å²) in [5, 5.41) is 9.10. The number of aliphatic hydroxyl groups excluding tert-OH is 1. The second-order valence-electron chi connectivity index (χ2n) is 3.72. The van der Waals surface area contributed by atoms with Crippen LogP contribution in [-0.2, 0) is 6.18 Å². The number of aliphatic hydroxyl groups is 1. The molecule has 1 aliphatic heterocycles. The van der Waals surface area contributed by atoms with Gasteiger partial charge in [0.15, 0.2) is 0 Å². The van der Waals surface area contributed by atoms with Crippen molar-refractivity contribution in [2.45, 2.75) is 12.3 Å².